The van der Waals surface area contributed by atoms with E-state index in [9.17, 15) is 0 Å². The number of nitrogens with two attached hydrogens (primary N) is 2. The standard InChI is InChI=1S/C13H17N5/c1-8(2)9-3-5-10(6-4-9)16-12-7-11(14)17-13(15)18-12/h3-8H,1-2H3,(H5,14,15,16,17,18). The molecule has 0 saturated heterocycles. The molecule has 1 aromatic heterocycles. The molecule has 5 nitrogen and oxygen atoms in total. The van der Waals surface area contributed by atoms with E-state index in [-0.39, 0.29) is 5.95 Å². The topological polar surface area (TPSA) is 89.8 Å². The van der Waals surface area contributed by atoms with Crippen molar-refractivity contribution in [2.75, 3.05) is 16.8 Å². The van der Waals surface area contributed by atoms with E-state index in [1.165, 1.54) is 5.56 Å². The van der Waals surface area contributed by atoms with E-state index in [1.54, 1.807) is 6.07 Å². The summed E-state index contributed by atoms with van der Waals surface area (Å²) in [7, 11) is 0. The number of nitrogen functional groups attached to an aromatic ring is 2. The maximum atomic E-state index is 5.61. The zero-order valence-corrected chi connectivity index (χ0v) is 10.5. The van der Waals surface area contributed by atoms with E-state index < -0.39 is 0 Å². The molecular weight excluding hydrogens is 226 g/mol. The molecule has 0 aliphatic rings. The summed E-state index contributed by atoms with van der Waals surface area (Å²) in [6.45, 7) is 4.32. The number of aromatic nitrogens is 2. The van der Waals surface area contributed by atoms with Crippen LogP contribution in [0.2, 0.25) is 0 Å². The molecule has 5 N–H and O–H groups in total. The van der Waals surface area contributed by atoms with Gasteiger partial charge in [0, 0.05) is 11.8 Å². The second-order valence-corrected chi connectivity index (χ2v) is 4.44. The van der Waals surface area contributed by atoms with E-state index in [0.29, 0.717) is 17.6 Å². The van der Waals surface area contributed by atoms with Crippen molar-refractivity contribution in [3.63, 3.8) is 0 Å². The molecule has 0 aliphatic carbocycles. The third-order valence-electron chi connectivity index (χ3n) is 2.61. The normalized spacial score (nSPS) is 10.6. The van der Waals surface area contributed by atoms with Crippen LogP contribution in [0, 0.1) is 0 Å². The highest BCUT2D eigenvalue weighted by molar-refractivity contribution is 5.60. The lowest BCUT2D eigenvalue weighted by molar-refractivity contribution is 0.867. The molecule has 0 saturated carbocycles. The molecule has 2 rings (SSSR count). The number of anilines is 4. The zero-order valence-electron chi connectivity index (χ0n) is 10.5. The Morgan fingerprint density at radius 3 is 2.28 bits per heavy atom. The van der Waals surface area contributed by atoms with Crippen molar-refractivity contribution in [3.8, 4) is 0 Å². The van der Waals surface area contributed by atoms with Crippen molar-refractivity contribution in [1.82, 2.24) is 9.97 Å². The molecule has 0 spiro atoms. The Morgan fingerprint density at radius 2 is 1.72 bits per heavy atom. The van der Waals surface area contributed by atoms with Crippen LogP contribution >= 0.6 is 0 Å². The van der Waals surface area contributed by atoms with Gasteiger partial charge in [-0.3, -0.25) is 0 Å². The average Bonchev–Trinajstić information content (AvgIpc) is 2.28. The molecule has 0 aliphatic heterocycles. The van der Waals surface area contributed by atoms with Crippen molar-refractivity contribution in [1.29, 1.82) is 0 Å². The molecular formula is C13H17N5. The van der Waals surface area contributed by atoms with Gasteiger partial charge in [-0.15, -0.1) is 0 Å². The molecule has 0 radical (unpaired) electrons. The summed E-state index contributed by atoms with van der Waals surface area (Å²) in [5.74, 6) is 1.63. The predicted octanol–water partition coefficient (Wildman–Crippen LogP) is 2.51. The Balaban J connectivity index is 2.18. The van der Waals surface area contributed by atoms with Gasteiger partial charge in [-0.1, -0.05) is 26.0 Å². The van der Waals surface area contributed by atoms with Crippen molar-refractivity contribution in [2.24, 2.45) is 0 Å². The first kappa shape index (κ1) is 12.2. The van der Waals surface area contributed by atoms with Gasteiger partial charge < -0.3 is 16.8 Å². The highest BCUT2D eigenvalue weighted by Crippen LogP contribution is 2.20. The van der Waals surface area contributed by atoms with Gasteiger partial charge >= 0.3 is 0 Å². The van der Waals surface area contributed by atoms with E-state index in [2.05, 4.69) is 41.3 Å². The Labute approximate surface area is 106 Å². The lowest BCUT2D eigenvalue weighted by Gasteiger charge is -2.09. The molecule has 18 heavy (non-hydrogen) atoms. The molecule has 0 fully saturated rings. The highest BCUT2D eigenvalue weighted by Gasteiger charge is 2.02. The summed E-state index contributed by atoms with van der Waals surface area (Å²) < 4.78 is 0. The van der Waals surface area contributed by atoms with Crippen LogP contribution in [0.1, 0.15) is 25.3 Å². The third-order valence-corrected chi connectivity index (χ3v) is 2.61. The Kier molecular flexibility index (Phi) is 3.32. The molecule has 2 aromatic rings. The maximum Gasteiger partial charge on any atom is 0.223 e. The van der Waals surface area contributed by atoms with Crippen molar-refractivity contribution in [2.45, 2.75) is 19.8 Å². The van der Waals surface area contributed by atoms with Crippen LogP contribution in [0.25, 0.3) is 0 Å². The molecule has 0 unspecified atom stereocenters. The Hall–Kier alpha value is -2.30. The number of hydrogen-bond donors (Lipinski definition) is 3. The minimum atomic E-state index is 0.163. The van der Waals surface area contributed by atoms with Crippen LogP contribution in [0.3, 0.4) is 0 Å². The predicted molar refractivity (Wildman–Crippen MR) is 74.7 cm³/mol. The number of benzene rings is 1. The summed E-state index contributed by atoms with van der Waals surface area (Å²) in [5, 5.41) is 3.14. The van der Waals surface area contributed by atoms with E-state index in [0.717, 1.165) is 5.69 Å². The lowest BCUT2D eigenvalue weighted by atomic mass is 10.0. The van der Waals surface area contributed by atoms with Gasteiger partial charge in [0.25, 0.3) is 0 Å². The number of rotatable bonds is 3. The molecule has 0 atom stereocenters. The average molecular weight is 243 g/mol. The second-order valence-electron chi connectivity index (χ2n) is 4.44. The number of hydrogen-bond acceptors (Lipinski definition) is 5. The Morgan fingerprint density at radius 1 is 1.06 bits per heavy atom. The minimum Gasteiger partial charge on any atom is -0.383 e. The van der Waals surface area contributed by atoms with Crippen LogP contribution < -0.4 is 16.8 Å². The number of nitrogens with zero attached hydrogens (tertiary/aromatic N) is 2. The highest BCUT2D eigenvalue weighted by atomic mass is 15.1. The fourth-order valence-electron chi connectivity index (χ4n) is 1.65. The van der Waals surface area contributed by atoms with Gasteiger partial charge in [0.1, 0.15) is 11.6 Å². The summed E-state index contributed by atoms with van der Waals surface area (Å²) in [6.07, 6.45) is 0. The van der Waals surface area contributed by atoms with Crippen LogP contribution in [0.5, 0.6) is 0 Å². The van der Waals surface area contributed by atoms with Gasteiger partial charge in [0.15, 0.2) is 0 Å². The van der Waals surface area contributed by atoms with Crippen LogP contribution in [0.4, 0.5) is 23.3 Å². The SMILES string of the molecule is CC(C)c1ccc(Nc2cc(N)nc(N)n2)cc1. The van der Waals surface area contributed by atoms with Crippen LogP contribution in [0.15, 0.2) is 30.3 Å². The summed E-state index contributed by atoms with van der Waals surface area (Å²) >= 11 is 0. The molecule has 5 heteroatoms. The quantitative estimate of drug-likeness (QED) is 0.770. The molecule has 1 heterocycles. The van der Waals surface area contributed by atoms with Gasteiger partial charge in [-0.2, -0.15) is 9.97 Å². The molecule has 1 aromatic carbocycles. The zero-order chi connectivity index (χ0) is 13.1. The number of nitrogens with one attached hydrogen (secondary N) is 1. The van der Waals surface area contributed by atoms with E-state index in [1.807, 2.05) is 12.1 Å². The van der Waals surface area contributed by atoms with Gasteiger partial charge in [-0.25, -0.2) is 0 Å². The van der Waals surface area contributed by atoms with Crippen molar-refractivity contribution in [3.05, 3.63) is 35.9 Å². The first-order valence-corrected chi connectivity index (χ1v) is 5.81. The molecule has 94 valence electrons. The van der Waals surface area contributed by atoms with Crippen molar-refractivity contribution >= 4 is 23.3 Å². The largest absolute Gasteiger partial charge is 0.383 e. The molecule has 0 bridgehead atoms. The fourth-order valence-corrected chi connectivity index (χ4v) is 1.65. The van der Waals surface area contributed by atoms with Crippen LogP contribution in [-0.4, -0.2) is 9.97 Å². The van der Waals surface area contributed by atoms with E-state index in [4.69, 9.17) is 11.5 Å². The Bertz CT molecular complexity index is 513. The van der Waals surface area contributed by atoms with Gasteiger partial charge in [-0.05, 0) is 23.6 Å². The van der Waals surface area contributed by atoms with Gasteiger partial charge in [0.05, 0.1) is 0 Å². The third kappa shape index (κ3) is 2.88. The molecule has 0 amide bonds. The maximum absolute atomic E-state index is 5.61. The summed E-state index contributed by atoms with van der Waals surface area (Å²) in [5.41, 5.74) is 13.4. The van der Waals surface area contributed by atoms with Crippen molar-refractivity contribution < 1.29 is 0 Å². The van der Waals surface area contributed by atoms with E-state index >= 15 is 0 Å². The lowest BCUT2D eigenvalue weighted by Crippen LogP contribution is -2.03. The summed E-state index contributed by atoms with van der Waals surface area (Å²) in [6, 6.07) is 9.82. The van der Waals surface area contributed by atoms with Gasteiger partial charge in [0.2, 0.25) is 5.95 Å². The monoisotopic (exact) mass is 243 g/mol. The smallest absolute Gasteiger partial charge is 0.223 e. The fraction of sp³-hybridized carbons (Fsp3) is 0.231. The minimum absolute atomic E-state index is 0.163. The first-order chi connectivity index (χ1) is 8.54. The van der Waals surface area contributed by atoms with Crippen LogP contribution in [-0.2, 0) is 0 Å². The second kappa shape index (κ2) is 4.91. The summed E-state index contributed by atoms with van der Waals surface area (Å²) in [4.78, 5) is 7.88. The first-order valence-electron chi connectivity index (χ1n) is 5.81.